The Kier molecular flexibility index (Phi) is 19.1. The van der Waals surface area contributed by atoms with Crippen molar-refractivity contribution in [3.8, 4) is 0 Å². The zero-order valence-corrected chi connectivity index (χ0v) is 46.3. The molecule has 488 valence electrons. The number of aliphatic hydroxyl groups excluding tert-OH is 19. The Hall–Kier alpha value is -5.30. The Balaban J connectivity index is 0.707. The molecule has 11 heterocycles. The van der Waals surface area contributed by atoms with Gasteiger partial charge in [-0.2, -0.15) is 0 Å². The van der Waals surface area contributed by atoms with Crippen LogP contribution in [0.15, 0.2) is 31.0 Å². The van der Waals surface area contributed by atoms with E-state index in [9.17, 15) is 97.0 Å². The summed E-state index contributed by atoms with van der Waals surface area (Å²) in [7, 11) is 0. The molecule has 0 aliphatic carbocycles. The first kappa shape index (κ1) is 64.2. The van der Waals surface area contributed by atoms with Crippen LogP contribution in [-0.4, -0.2) is 331 Å². The number of rotatable bonds is 17. The van der Waals surface area contributed by atoms with Gasteiger partial charge in [0.15, 0.2) is 0 Å². The van der Waals surface area contributed by atoms with Gasteiger partial charge in [-0.25, -0.2) is 23.4 Å². The van der Waals surface area contributed by atoms with Gasteiger partial charge in [-0.05, 0) is 13.3 Å². The molecule has 0 spiro atoms. The topological polar surface area (TPSA) is 593 Å². The minimum Gasteiger partial charge on any atom is -0.396 e. The third-order valence-corrected chi connectivity index (χ3v) is 17.0. The molecule has 0 aromatic carbocycles. The van der Waals surface area contributed by atoms with Crippen LogP contribution in [0.3, 0.4) is 0 Å². The fraction of sp³-hybridized carbons (Fsp3) is 0.792. The molecule has 88 heavy (non-hydrogen) atoms. The van der Waals surface area contributed by atoms with E-state index >= 15 is 0 Å². The highest BCUT2D eigenvalue weighted by molar-refractivity contribution is 5.13. The van der Waals surface area contributed by atoms with E-state index in [4.69, 9.17) is 28.4 Å². The van der Waals surface area contributed by atoms with Gasteiger partial charge in [0.2, 0.25) is 0 Å². The van der Waals surface area contributed by atoms with Gasteiger partial charge >= 0.3 is 0 Å². The zero-order chi connectivity index (χ0) is 62.9. The summed E-state index contributed by atoms with van der Waals surface area (Å²) in [5.41, 5.74) is -0.160. The van der Waals surface area contributed by atoms with Gasteiger partial charge in [0, 0.05) is 6.61 Å². The number of aromatic nitrogens is 15. The Morgan fingerprint density at radius 2 is 0.500 bits per heavy atom. The molecule has 6 aliphatic heterocycles. The fourth-order valence-electron chi connectivity index (χ4n) is 11.8. The molecule has 0 unspecified atom stereocenters. The summed E-state index contributed by atoms with van der Waals surface area (Å²) in [6, 6.07) is 0. The fourth-order valence-corrected chi connectivity index (χ4v) is 11.8. The number of nitrogens with zero attached hydrogens (tertiary/aromatic N) is 15. The van der Waals surface area contributed by atoms with E-state index in [2.05, 4.69) is 51.6 Å². The van der Waals surface area contributed by atoms with Crippen LogP contribution in [0.25, 0.3) is 0 Å². The normalized spacial score (nSPS) is 43.5. The lowest BCUT2D eigenvalue weighted by Gasteiger charge is -2.40. The second-order valence-electron chi connectivity index (χ2n) is 23.0. The van der Waals surface area contributed by atoms with Crippen LogP contribution in [0.2, 0.25) is 0 Å². The molecular weight excluding hydrogens is 1190 g/mol. The first-order valence-electron chi connectivity index (χ1n) is 28.2. The summed E-state index contributed by atoms with van der Waals surface area (Å²) in [5.74, 6) is 0. The molecule has 6 aliphatic rings. The van der Waals surface area contributed by atoms with Gasteiger partial charge in [-0.3, -0.25) is 0 Å². The molecule has 11 rings (SSSR count). The highest BCUT2D eigenvalue weighted by atomic mass is 16.6. The van der Waals surface area contributed by atoms with E-state index in [0.29, 0.717) is 0 Å². The van der Waals surface area contributed by atoms with Crippen LogP contribution >= 0.6 is 0 Å². The van der Waals surface area contributed by atoms with Gasteiger partial charge < -0.3 is 125 Å². The molecule has 40 heteroatoms. The van der Waals surface area contributed by atoms with Gasteiger partial charge in [0.1, 0.15) is 199 Å². The van der Waals surface area contributed by atoms with Crippen molar-refractivity contribution < 1.29 is 125 Å². The average Bonchev–Trinajstić information content (AvgIpc) is 2.33. The van der Waals surface area contributed by atoms with E-state index in [1.54, 1.807) is 0 Å². The summed E-state index contributed by atoms with van der Waals surface area (Å²) in [6.07, 6.45) is -38.9. The predicted molar refractivity (Wildman–Crippen MR) is 272 cm³/mol. The third-order valence-electron chi connectivity index (χ3n) is 17.0. The van der Waals surface area contributed by atoms with E-state index in [-0.39, 0.29) is 74.2 Å². The second-order valence-corrected chi connectivity index (χ2v) is 23.0. The summed E-state index contributed by atoms with van der Waals surface area (Å²) in [4.78, 5) is 0. The number of hydrogen-bond acceptors (Lipinski definition) is 35. The lowest BCUT2D eigenvalue weighted by molar-refractivity contribution is -0.230. The maximum Gasteiger partial charge on any atom is 0.132 e. The maximum atomic E-state index is 11.1. The first-order valence-corrected chi connectivity index (χ1v) is 28.2. The van der Waals surface area contributed by atoms with Crippen molar-refractivity contribution in [2.45, 2.75) is 229 Å². The van der Waals surface area contributed by atoms with Crippen molar-refractivity contribution in [1.29, 1.82) is 0 Å². The van der Waals surface area contributed by atoms with Gasteiger partial charge in [-0.15, -0.1) is 25.5 Å². The van der Waals surface area contributed by atoms with E-state index in [1.807, 2.05) is 0 Å². The third kappa shape index (κ3) is 12.5. The number of hydrogen-bond donors (Lipinski definition) is 19. The van der Waals surface area contributed by atoms with Crippen molar-refractivity contribution in [2.75, 3.05) is 6.61 Å². The standard InChI is InChI=1S/C48H71N15O25/c1-14-26(65)33(72)39(78)44(83-14)15-4-60(54-49-15)10-22-29(68)35(74)41(80)46(85-22)17-6-62(56-51-17)12-24-31(70)37(76)43(82)48(87-24)19-8-63(58-53-19)13-25-32(71)38(77)42(81)47(88-25)18-7-61(57-52-18)11-23-30(69)36(75)40(79)45(86-23)16-5-59(55-50-16)9-21-28(67)34(73)27(66)20(84-21)2-3-64/h4-8,14,20-48,64-82H,2-3,9-13H2,1H3/t14-,20-,21-,22-,23-,24-,25-,26-,27-,28-,29-,30-,31-,32-,33+,34-,35+,36+,37+,38+,39+,40+,41+,42+,43+,44-,45-,46+,47+,48+/m1/s1. The first-order chi connectivity index (χ1) is 41.9. The molecule has 40 nitrogen and oxygen atoms in total. The zero-order valence-electron chi connectivity index (χ0n) is 46.3. The minimum atomic E-state index is -1.84. The number of aliphatic hydroxyl groups is 19. The van der Waals surface area contributed by atoms with Gasteiger partial charge in [0.25, 0.3) is 0 Å². The molecule has 5 aromatic rings. The lowest BCUT2D eigenvalue weighted by atomic mass is 9.93. The SMILES string of the molecule is C[C@H]1O[C@H](c2cn(C[C@H]3O[C@@H](c4cn(C[C@H]5O[C@@H](c6cn(C[C@H]7O[C@@H](c8cn(C[C@H]9O[C@H](c%10cn(C[C@H]%11O[C@H](CCO)[C@@H](O)[C@@H](O)[C@@H]%11O)nn%10)[C@@H](O)[C@@H](O)[C@@H]9O)nn8)[C@@H](O)[C@@H](O)[C@@H]7O)nn6)[C@@H](O)[C@@H](O)[C@@H]5O)nn4)[C@@H](O)[C@@H](O)[C@@H]3O)nn2)[C@@H](O)[C@@H](O)[C@@H]1O. The van der Waals surface area contributed by atoms with Crippen LogP contribution in [0.4, 0.5) is 0 Å². The molecule has 0 bridgehead atoms. The summed E-state index contributed by atoms with van der Waals surface area (Å²) in [6.45, 7) is -0.394. The van der Waals surface area contributed by atoms with Crippen LogP contribution < -0.4 is 0 Å². The Morgan fingerprint density at radius 3 is 0.761 bits per heavy atom. The van der Waals surface area contributed by atoms with Crippen LogP contribution in [0.5, 0.6) is 0 Å². The summed E-state index contributed by atoms with van der Waals surface area (Å²) >= 11 is 0. The molecule has 5 aromatic heterocycles. The predicted octanol–water partition coefficient (Wildman–Crippen LogP) is -12.7. The van der Waals surface area contributed by atoms with Crippen molar-refractivity contribution in [3.05, 3.63) is 59.5 Å². The minimum absolute atomic E-state index is 0.0229. The van der Waals surface area contributed by atoms with E-state index in [1.165, 1.54) is 47.3 Å². The Morgan fingerprint density at radius 1 is 0.284 bits per heavy atom. The second kappa shape index (κ2) is 26.1. The van der Waals surface area contributed by atoms with E-state index < -0.39 is 183 Å². The lowest BCUT2D eigenvalue weighted by Crippen LogP contribution is -2.58. The molecule has 6 saturated heterocycles. The van der Waals surface area contributed by atoms with E-state index in [0.717, 1.165) is 14.0 Å². The van der Waals surface area contributed by atoms with Gasteiger partial charge in [0.05, 0.1) is 75.9 Å². The number of ether oxygens (including phenoxy) is 6. The van der Waals surface area contributed by atoms with Crippen LogP contribution in [0.1, 0.15) is 72.3 Å². The quantitative estimate of drug-likeness (QED) is 0.0411. The van der Waals surface area contributed by atoms with Crippen molar-refractivity contribution in [2.24, 2.45) is 0 Å². The monoisotopic (exact) mass is 1260 g/mol. The molecule has 19 N–H and O–H groups in total. The Labute approximate surface area is 494 Å². The maximum absolute atomic E-state index is 11.1. The molecular formula is C48H71N15O25. The highest BCUT2D eigenvalue weighted by Crippen LogP contribution is 2.38. The molecule has 6 fully saturated rings. The molecule has 30 atom stereocenters. The van der Waals surface area contributed by atoms with Gasteiger partial charge in [-0.1, -0.05) is 26.1 Å². The molecule has 0 radical (unpaired) electrons. The molecule has 0 saturated carbocycles. The average molecular weight is 1260 g/mol. The van der Waals surface area contributed by atoms with Crippen LogP contribution in [0, 0.1) is 0 Å². The highest BCUT2D eigenvalue weighted by Gasteiger charge is 2.52. The smallest absolute Gasteiger partial charge is 0.132 e. The largest absolute Gasteiger partial charge is 0.396 e. The Bertz CT molecular complexity index is 3090. The van der Waals surface area contributed by atoms with Crippen molar-refractivity contribution >= 4 is 0 Å². The molecule has 0 amide bonds. The van der Waals surface area contributed by atoms with Crippen molar-refractivity contribution in [1.82, 2.24) is 75.0 Å². The van der Waals surface area contributed by atoms with Crippen molar-refractivity contribution in [3.63, 3.8) is 0 Å². The van der Waals surface area contributed by atoms with Crippen LogP contribution in [-0.2, 0) is 61.1 Å². The summed E-state index contributed by atoms with van der Waals surface area (Å²) < 4.78 is 41.4. The summed E-state index contributed by atoms with van der Waals surface area (Å²) in [5, 5.41) is 244.